The molecular formula is C20H19N3O6. The number of amides is 2. The van der Waals surface area contributed by atoms with Gasteiger partial charge in [0.2, 0.25) is 5.91 Å². The molecule has 4 rings (SSSR count). The van der Waals surface area contributed by atoms with E-state index in [-0.39, 0.29) is 11.6 Å². The number of ether oxygens (including phenoxy) is 1. The van der Waals surface area contributed by atoms with Gasteiger partial charge in [-0.3, -0.25) is 24.5 Å². The lowest BCUT2D eigenvalue weighted by molar-refractivity contribution is -0.384. The quantitative estimate of drug-likeness (QED) is 0.434. The Kier molecular flexibility index (Phi) is 4.77. The number of nitro benzene ring substituents is 1. The summed E-state index contributed by atoms with van der Waals surface area (Å²) in [5, 5.41) is 12.4. The topological polar surface area (TPSA) is 102 Å². The molecule has 0 radical (unpaired) electrons. The third-order valence-electron chi connectivity index (χ3n) is 5.16. The number of hydrogen-bond donors (Lipinski definition) is 0. The number of carbonyl (C=O) groups is 2. The molecule has 2 aliphatic heterocycles. The second kappa shape index (κ2) is 7.26. The number of benzene rings is 2. The second-order valence-electron chi connectivity index (χ2n) is 6.83. The van der Waals surface area contributed by atoms with Crippen LogP contribution in [0.3, 0.4) is 0 Å². The molecule has 0 unspecified atom stereocenters. The molecular weight excluding hydrogens is 378 g/mol. The average Bonchev–Trinajstić information content (AvgIpc) is 3.17. The van der Waals surface area contributed by atoms with Gasteiger partial charge in [0.1, 0.15) is 5.75 Å². The Balaban J connectivity index is 1.63. The lowest BCUT2D eigenvalue weighted by Crippen LogP contribution is -2.36. The third kappa shape index (κ3) is 3.14. The van der Waals surface area contributed by atoms with Gasteiger partial charge < -0.3 is 4.74 Å². The van der Waals surface area contributed by atoms with Gasteiger partial charge >= 0.3 is 0 Å². The van der Waals surface area contributed by atoms with E-state index >= 15 is 0 Å². The monoisotopic (exact) mass is 397 g/mol. The lowest BCUT2D eigenvalue weighted by atomic mass is 9.91. The fourth-order valence-corrected chi connectivity index (χ4v) is 3.87. The first-order valence-corrected chi connectivity index (χ1v) is 9.17. The molecule has 3 atom stereocenters. The lowest BCUT2D eigenvalue weighted by Gasteiger charge is -2.24. The summed E-state index contributed by atoms with van der Waals surface area (Å²) in [6, 6.07) is 12.1. The first kappa shape index (κ1) is 19.0. The number of hydroxylamine groups is 2. The van der Waals surface area contributed by atoms with E-state index in [1.54, 1.807) is 43.4 Å². The minimum atomic E-state index is -0.931. The summed E-state index contributed by atoms with van der Waals surface area (Å²) < 4.78 is 5.40. The molecule has 0 saturated carbocycles. The van der Waals surface area contributed by atoms with Crippen LogP contribution in [-0.2, 0) is 14.4 Å². The van der Waals surface area contributed by atoms with E-state index in [1.165, 1.54) is 17.2 Å². The molecule has 29 heavy (non-hydrogen) atoms. The summed E-state index contributed by atoms with van der Waals surface area (Å²) in [4.78, 5) is 43.3. The summed E-state index contributed by atoms with van der Waals surface area (Å²) >= 11 is 0. The van der Waals surface area contributed by atoms with E-state index in [9.17, 15) is 19.7 Å². The van der Waals surface area contributed by atoms with Crippen LogP contribution < -0.4 is 9.64 Å². The normalized spacial score (nSPS) is 24.1. The van der Waals surface area contributed by atoms with E-state index in [4.69, 9.17) is 9.57 Å². The molecule has 2 heterocycles. The third-order valence-corrected chi connectivity index (χ3v) is 5.16. The van der Waals surface area contributed by atoms with Crippen molar-refractivity contribution >= 4 is 23.2 Å². The fourth-order valence-electron chi connectivity index (χ4n) is 3.87. The minimum absolute atomic E-state index is 0.0447. The van der Waals surface area contributed by atoms with Gasteiger partial charge in [-0.1, -0.05) is 12.1 Å². The maximum Gasteiger partial charge on any atom is 0.269 e. The van der Waals surface area contributed by atoms with Crippen LogP contribution in [-0.4, -0.2) is 41.6 Å². The van der Waals surface area contributed by atoms with Gasteiger partial charge in [0.15, 0.2) is 6.10 Å². The first-order chi connectivity index (χ1) is 13.9. The zero-order valence-corrected chi connectivity index (χ0v) is 15.8. The van der Waals surface area contributed by atoms with E-state index in [0.717, 1.165) is 4.90 Å². The van der Waals surface area contributed by atoms with Crippen LogP contribution in [0.2, 0.25) is 0 Å². The van der Waals surface area contributed by atoms with Crippen LogP contribution >= 0.6 is 0 Å². The summed E-state index contributed by atoms with van der Waals surface area (Å²) in [7, 11) is 1.65. The number of hydrogen-bond acceptors (Lipinski definition) is 7. The van der Waals surface area contributed by atoms with Crippen molar-refractivity contribution in [2.75, 3.05) is 18.6 Å². The molecule has 2 aromatic carbocycles. The van der Waals surface area contributed by atoms with E-state index < -0.39 is 28.9 Å². The molecule has 150 valence electrons. The number of imide groups is 1. The van der Waals surface area contributed by atoms with Gasteiger partial charge in [-0.2, -0.15) is 5.06 Å². The van der Waals surface area contributed by atoms with E-state index in [1.807, 2.05) is 6.92 Å². The van der Waals surface area contributed by atoms with E-state index in [2.05, 4.69) is 0 Å². The fraction of sp³-hybridized carbons (Fsp3) is 0.300. The van der Waals surface area contributed by atoms with Gasteiger partial charge in [0, 0.05) is 19.2 Å². The molecule has 2 saturated heterocycles. The number of rotatable bonds is 5. The number of fused-ring (bicyclic) bond motifs is 1. The van der Waals surface area contributed by atoms with Gasteiger partial charge in [-0.15, -0.1) is 0 Å². The van der Waals surface area contributed by atoms with Gasteiger partial charge in [-0.05, 0) is 36.8 Å². The highest BCUT2D eigenvalue weighted by Gasteiger charge is 2.59. The van der Waals surface area contributed by atoms with Gasteiger partial charge in [-0.25, -0.2) is 4.90 Å². The number of nitrogens with zero attached hydrogens (tertiary/aromatic N) is 3. The summed E-state index contributed by atoms with van der Waals surface area (Å²) in [6.07, 6.45) is -0.931. The summed E-state index contributed by atoms with van der Waals surface area (Å²) in [5.74, 6) is -0.881. The van der Waals surface area contributed by atoms with Crippen molar-refractivity contribution in [1.82, 2.24) is 5.06 Å². The van der Waals surface area contributed by atoms with Crippen LogP contribution in [0.25, 0.3) is 0 Å². The highest BCUT2D eigenvalue weighted by atomic mass is 16.7. The molecule has 9 heteroatoms. The second-order valence-corrected chi connectivity index (χ2v) is 6.83. The number of carbonyl (C=O) groups excluding carboxylic acids is 2. The van der Waals surface area contributed by atoms with Crippen molar-refractivity contribution in [1.29, 1.82) is 0 Å². The zero-order valence-electron chi connectivity index (χ0n) is 15.8. The Labute approximate surface area is 166 Å². The summed E-state index contributed by atoms with van der Waals surface area (Å²) in [5.41, 5.74) is 1.07. The number of non-ortho nitro benzene ring substituents is 1. The molecule has 0 N–H and O–H groups in total. The van der Waals surface area contributed by atoms with Gasteiger partial charge in [0.25, 0.3) is 11.6 Å². The Morgan fingerprint density at radius 1 is 1.07 bits per heavy atom. The largest absolute Gasteiger partial charge is 0.494 e. The Hall–Kier alpha value is -3.30. The predicted octanol–water partition coefficient (Wildman–Crippen LogP) is 2.47. The highest BCUT2D eigenvalue weighted by Crippen LogP contribution is 2.45. The smallest absolute Gasteiger partial charge is 0.269 e. The first-order valence-electron chi connectivity index (χ1n) is 9.17. The van der Waals surface area contributed by atoms with Crippen LogP contribution in [0, 0.1) is 16.0 Å². The highest BCUT2D eigenvalue weighted by molar-refractivity contribution is 6.23. The van der Waals surface area contributed by atoms with Crippen molar-refractivity contribution < 1.29 is 24.1 Å². The molecule has 2 amide bonds. The SMILES string of the molecule is CCOc1ccc(N2C(=O)[C@H]3[C@@H](c4ccc([N+](=O)[O-])cc4)N(C)O[C@H]3C2=O)cc1. The molecule has 0 spiro atoms. The van der Waals surface area contributed by atoms with Crippen molar-refractivity contribution in [3.05, 3.63) is 64.2 Å². The molecule has 2 aliphatic rings. The van der Waals surface area contributed by atoms with E-state index in [0.29, 0.717) is 23.6 Å². The number of anilines is 1. The van der Waals surface area contributed by atoms with Crippen molar-refractivity contribution in [3.8, 4) is 5.75 Å². The van der Waals surface area contributed by atoms with Crippen molar-refractivity contribution in [3.63, 3.8) is 0 Å². The summed E-state index contributed by atoms with van der Waals surface area (Å²) in [6.45, 7) is 2.39. The number of nitro groups is 1. The standard InChI is InChI=1S/C20H19N3O6/c1-3-28-15-10-8-13(9-11-15)22-19(24)16-17(21(2)29-18(16)20(22)25)12-4-6-14(7-5-12)23(26)27/h4-11,16-18H,3H2,1-2H3/t16-,17+,18+/m0/s1. The molecule has 0 aromatic heterocycles. The Bertz CT molecular complexity index is 959. The van der Waals surface area contributed by atoms with Crippen LogP contribution in [0.4, 0.5) is 11.4 Å². The van der Waals surface area contributed by atoms with Crippen LogP contribution in [0.5, 0.6) is 5.75 Å². The maximum atomic E-state index is 13.2. The molecule has 0 aliphatic carbocycles. The van der Waals surface area contributed by atoms with Crippen LogP contribution in [0.15, 0.2) is 48.5 Å². The Morgan fingerprint density at radius 2 is 1.72 bits per heavy atom. The zero-order chi connectivity index (χ0) is 20.7. The Morgan fingerprint density at radius 3 is 2.31 bits per heavy atom. The van der Waals surface area contributed by atoms with Crippen molar-refractivity contribution in [2.24, 2.45) is 5.92 Å². The molecule has 9 nitrogen and oxygen atoms in total. The van der Waals surface area contributed by atoms with Crippen LogP contribution in [0.1, 0.15) is 18.5 Å². The molecule has 2 fully saturated rings. The average molecular weight is 397 g/mol. The molecule has 2 aromatic rings. The van der Waals surface area contributed by atoms with Gasteiger partial charge in [0.05, 0.1) is 29.2 Å². The predicted molar refractivity (Wildman–Crippen MR) is 102 cm³/mol. The molecule has 0 bridgehead atoms. The van der Waals surface area contributed by atoms with Crippen molar-refractivity contribution in [2.45, 2.75) is 19.1 Å². The minimum Gasteiger partial charge on any atom is -0.494 e. The maximum absolute atomic E-state index is 13.2.